The Hall–Kier alpha value is -4.02. The number of aromatic nitrogens is 3. The molecule has 0 unspecified atom stereocenters. The van der Waals surface area contributed by atoms with Crippen molar-refractivity contribution in [1.29, 1.82) is 0 Å². The van der Waals surface area contributed by atoms with Crippen LogP contribution in [0.4, 0.5) is 4.39 Å². The van der Waals surface area contributed by atoms with Gasteiger partial charge < -0.3 is 19.8 Å². The molecule has 2 amide bonds. The van der Waals surface area contributed by atoms with Crippen molar-refractivity contribution in [3.05, 3.63) is 75.0 Å². The summed E-state index contributed by atoms with van der Waals surface area (Å²) in [7, 11) is 1.63. The summed E-state index contributed by atoms with van der Waals surface area (Å²) in [5.74, 6) is -1.32. The van der Waals surface area contributed by atoms with Gasteiger partial charge in [0.1, 0.15) is 22.9 Å². The number of aromatic hydroxyl groups is 1. The minimum Gasteiger partial charge on any atom is -0.501 e. The van der Waals surface area contributed by atoms with E-state index in [1.54, 1.807) is 20.0 Å². The van der Waals surface area contributed by atoms with Crippen LogP contribution >= 0.6 is 0 Å². The average Bonchev–Trinajstić information content (AvgIpc) is 3.17. The summed E-state index contributed by atoms with van der Waals surface area (Å²) in [4.78, 5) is 45.7. The first kappa shape index (κ1) is 23.7. The van der Waals surface area contributed by atoms with Crippen molar-refractivity contribution in [1.82, 2.24) is 24.9 Å². The first-order valence-corrected chi connectivity index (χ1v) is 11.8. The lowest BCUT2D eigenvalue weighted by atomic mass is 9.76. The Morgan fingerprint density at radius 3 is 2.61 bits per heavy atom. The molecular weight excluding hydrogens is 469 g/mol. The van der Waals surface area contributed by atoms with E-state index in [4.69, 9.17) is 4.52 Å². The summed E-state index contributed by atoms with van der Waals surface area (Å²) >= 11 is 0. The molecule has 0 spiro atoms. The van der Waals surface area contributed by atoms with Gasteiger partial charge in [0.05, 0.1) is 0 Å². The first-order valence-electron chi connectivity index (χ1n) is 11.8. The molecule has 2 aliphatic heterocycles. The summed E-state index contributed by atoms with van der Waals surface area (Å²) in [6.45, 7) is 2.09. The number of halogens is 1. The van der Waals surface area contributed by atoms with Crippen molar-refractivity contribution in [3.63, 3.8) is 0 Å². The number of hydrogen-bond acceptors (Lipinski definition) is 7. The first-order chi connectivity index (χ1) is 17.2. The molecule has 0 radical (unpaired) electrons. The number of benzene rings is 1. The summed E-state index contributed by atoms with van der Waals surface area (Å²) in [6.07, 6.45) is 2.60. The second-order valence-corrected chi connectivity index (χ2v) is 9.52. The number of amides is 2. The maximum absolute atomic E-state index is 13.3. The average molecular weight is 496 g/mol. The van der Waals surface area contributed by atoms with Crippen molar-refractivity contribution in [2.75, 3.05) is 7.05 Å². The third-order valence-corrected chi connectivity index (χ3v) is 7.31. The molecule has 11 heteroatoms. The summed E-state index contributed by atoms with van der Waals surface area (Å²) < 4.78 is 19.6. The van der Waals surface area contributed by atoms with Gasteiger partial charge in [0.25, 0.3) is 17.4 Å². The second-order valence-electron chi connectivity index (χ2n) is 9.52. The standard InChI is InChI=1S/C25H26FN5O5/c1-14-11-18(29-36-14)22(34)30(2)25-9-7-16(8-10-25)13-31-23(35)20(32)19(28-24(25)31)21(33)27-12-15-3-5-17(26)6-4-15/h3-6,11,16,32H,7-10,12-13H2,1-2H3,(H,27,33). The molecular formula is C25H26FN5O5. The Balaban J connectivity index is 1.53. The Kier molecular flexibility index (Phi) is 5.85. The number of nitrogens with zero attached hydrogens (tertiary/aromatic N) is 4. The zero-order chi connectivity index (χ0) is 25.6. The monoisotopic (exact) mass is 495 g/mol. The van der Waals surface area contributed by atoms with Crippen LogP contribution in [-0.4, -0.2) is 43.6 Å². The molecule has 2 aromatic heterocycles. The van der Waals surface area contributed by atoms with E-state index in [1.165, 1.54) is 33.7 Å². The van der Waals surface area contributed by atoms with Gasteiger partial charge in [0, 0.05) is 26.2 Å². The van der Waals surface area contributed by atoms with Crippen LogP contribution in [0.1, 0.15) is 63.8 Å². The molecule has 0 saturated heterocycles. The van der Waals surface area contributed by atoms with Gasteiger partial charge in [-0.25, -0.2) is 9.37 Å². The summed E-state index contributed by atoms with van der Waals surface area (Å²) in [5.41, 5.74) is -1.31. The molecule has 188 valence electrons. The van der Waals surface area contributed by atoms with Crippen LogP contribution in [0.5, 0.6) is 5.75 Å². The maximum Gasteiger partial charge on any atom is 0.296 e. The highest BCUT2D eigenvalue weighted by molar-refractivity contribution is 5.95. The molecule has 10 nitrogen and oxygen atoms in total. The van der Waals surface area contributed by atoms with Crippen LogP contribution in [0.25, 0.3) is 0 Å². The molecule has 2 bridgehead atoms. The van der Waals surface area contributed by atoms with E-state index in [0.717, 1.165) is 12.8 Å². The number of carbonyl (C=O) groups is 2. The Morgan fingerprint density at radius 1 is 1.28 bits per heavy atom. The molecule has 1 aromatic carbocycles. The van der Waals surface area contributed by atoms with Crippen LogP contribution in [0, 0.1) is 18.7 Å². The van der Waals surface area contributed by atoms with Crippen LogP contribution in [-0.2, 0) is 18.6 Å². The van der Waals surface area contributed by atoms with Crippen molar-refractivity contribution in [3.8, 4) is 5.75 Å². The van der Waals surface area contributed by atoms with Gasteiger partial charge in [-0.05, 0) is 56.2 Å². The van der Waals surface area contributed by atoms with E-state index in [0.29, 0.717) is 30.7 Å². The highest BCUT2D eigenvalue weighted by atomic mass is 19.1. The van der Waals surface area contributed by atoms with Crippen LogP contribution in [0.15, 0.2) is 39.6 Å². The fourth-order valence-corrected chi connectivity index (χ4v) is 5.23. The Labute approximate surface area is 205 Å². The quantitative estimate of drug-likeness (QED) is 0.556. The van der Waals surface area contributed by atoms with Crippen molar-refractivity contribution in [2.24, 2.45) is 5.92 Å². The van der Waals surface area contributed by atoms with E-state index in [2.05, 4.69) is 15.5 Å². The van der Waals surface area contributed by atoms with E-state index < -0.39 is 34.3 Å². The lowest BCUT2D eigenvalue weighted by Crippen LogP contribution is -2.51. The topological polar surface area (TPSA) is 131 Å². The van der Waals surface area contributed by atoms with E-state index in [9.17, 15) is 23.9 Å². The molecule has 3 aromatic rings. The number of fused-ring (bicyclic) bond motifs is 2. The molecule has 1 aliphatic carbocycles. The van der Waals surface area contributed by atoms with E-state index in [1.807, 2.05) is 0 Å². The van der Waals surface area contributed by atoms with Gasteiger partial charge in [-0.1, -0.05) is 17.3 Å². The van der Waals surface area contributed by atoms with Crippen molar-refractivity contribution < 1.29 is 23.6 Å². The van der Waals surface area contributed by atoms with E-state index >= 15 is 0 Å². The second kappa shape index (κ2) is 8.89. The molecule has 2 N–H and O–H groups in total. The third kappa shape index (κ3) is 3.94. The Morgan fingerprint density at radius 2 is 1.97 bits per heavy atom. The largest absolute Gasteiger partial charge is 0.501 e. The zero-order valence-corrected chi connectivity index (χ0v) is 20.0. The fraction of sp³-hybridized carbons (Fsp3) is 0.400. The molecule has 4 heterocycles. The van der Waals surface area contributed by atoms with Gasteiger partial charge >= 0.3 is 0 Å². The molecule has 1 saturated carbocycles. The number of carbonyl (C=O) groups excluding carboxylic acids is 2. The van der Waals surface area contributed by atoms with Crippen LogP contribution in [0.3, 0.4) is 0 Å². The third-order valence-electron chi connectivity index (χ3n) is 7.31. The van der Waals surface area contributed by atoms with Gasteiger partial charge in [-0.2, -0.15) is 0 Å². The highest BCUT2D eigenvalue weighted by Gasteiger charge is 2.49. The SMILES string of the molecule is Cc1cc(C(=O)N(C)C23CCC(CC2)Cn2c3nc(C(=O)NCc3ccc(F)cc3)c(O)c2=O)no1. The predicted molar refractivity (Wildman–Crippen MR) is 125 cm³/mol. The lowest BCUT2D eigenvalue weighted by molar-refractivity contribution is 0.0363. The van der Waals surface area contributed by atoms with Crippen molar-refractivity contribution >= 4 is 11.8 Å². The smallest absolute Gasteiger partial charge is 0.296 e. The van der Waals surface area contributed by atoms with Gasteiger partial charge in [0.2, 0.25) is 5.75 Å². The number of hydrogen-bond donors (Lipinski definition) is 2. The normalized spacial score (nSPS) is 20.5. The number of nitrogens with one attached hydrogen (secondary N) is 1. The maximum atomic E-state index is 13.3. The van der Waals surface area contributed by atoms with E-state index in [-0.39, 0.29) is 29.9 Å². The molecule has 36 heavy (non-hydrogen) atoms. The highest BCUT2D eigenvalue weighted by Crippen LogP contribution is 2.46. The van der Waals surface area contributed by atoms with Gasteiger partial charge in [-0.3, -0.25) is 19.0 Å². The minimum atomic E-state index is -0.963. The van der Waals surface area contributed by atoms with Crippen molar-refractivity contribution in [2.45, 2.75) is 51.2 Å². The Bertz CT molecular complexity index is 1390. The van der Waals surface area contributed by atoms with Crippen LogP contribution < -0.4 is 10.9 Å². The molecule has 6 rings (SSSR count). The molecule has 3 aliphatic rings. The van der Waals surface area contributed by atoms with Gasteiger partial charge in [0.15, 0.2) is 11.4 Å². The lowest BCUT2D eigenvalue weighted by Gasteiger charge is -2.43. The van der Waals surface area contributed by atoms with Crippen LogP contribution in [0.2, 0.25) is 0 Å². The number of rotatable bonds is 5. The molecule has 0 atom stereocenters. The summed E-state index contributed by atoms with van der Waals surface area (Å²) in [5, 5.41) is 17.1. The zero-order valence-electron chi connectivity index (χ0n) is 20.0. The predicted octanol–water partition coefficient (Wildman–Crippen LogP) is 2.49. The fourth-order valence-electron chi connectivity index (χ4n) is 5.23. The van der Waals surface area contributed by atoms with Gasteiger partial charge in [-0.15, -0.1) is 0 Å². The number of aryl methyl sites for hydroxylation is 1. The summed E-state index contributed by atoms with van der Waals surface area (Å²) in [6, 6.07) is 7.14. The minimum absolute atomic E-state index is 0.0514. The molecule has 1 fully saturated rings.